The molecule has 2 fully saturated rings. The minimum Gasteiger partial charge on any atom is -0.375 e. The maximum absolute atomic E-state index is 13.7. The van der Waals surface area contributed by atoms with Crippen LogP contribution in [0.25, 0.3) is 0 Å². The lowest BCUT2D eigenvalue weighted by molar-refractivity contribution is -0.128. The van der Waals surface area contributed by atoms with Crippen LogP contribution in [0, 0.1) is 5.82 Å². The smallest absolute Gasteiger partial charge is 0.144 e. The summed E-state index contributed by atoms with van der Waals surface area (Å²) in [6.45, 7) is 12.9. The van der Waals surface area contributed by atoms with Crippen molar-refractivity contribution >= 4 is 0 Å². The molecule has 140 valence electrons. The molecule has 2 aliphatic heterocycles. The number of pyridine rings is 1. The maximum atomic E-state index is 13.7. The van der Waals surface area contributed by atoms with Gasteiger partial charge < -0.3 is 9.64 Å². The van der Waals surface area contributed by atoms with E-state index in [0.717, 1.165) is 64.2 Å². The second-order valence-electron chi connectivity index (χ2n) is 8.16. The van der Waals surface area contributed by atoms with E-state index in [2.05, 4.69) is 35.6 Å². The summed E-state index contributed by atoms with van der Waals surface area (Å²) in [5.41, 5.74) is 1.03. The molecule has 0 saturated carbocycles. The highest BCUT2D eigenvalue weighted by atomic mass is 19.1. The molecule has 0 bridgehead atoms. The van der Waals surface area contributed by atoms with Crippen molar-refractivity contribution in [2.24, 2.45) is 0 Å². The van der Waals surface area contributed by atoms with Crippen LogP contribution in [0.5, 0.6) is 0 Å². The Balaban J connectivity index is 1.53. The van der Waals surface area contributed by atoms with E-state index in [-0.39, 0.29) is 17.0 Å². The van der Waals surface area contributed by atoms with Crippen LogP contribution in [-0.4, -0.2) is 65.3 Å². The molecule has 0 amide bonds. The molecule has 4 nitrogen and oxygen atoms in total. The predicted molar refractivity (Wildman–Crippen MR) is 98.2 cm³/mol. The van der Waals surface area contributed by atoms with E-state index >= 15 is 0 Å². The summed E-state index contributed by atoms with van der Waals surface area (Å²) in [6.07, 6.45) is 7.17. The van der Waals surface area contributed by atoms with Crippen LogP contribution < -0.4 is 0 Å². The Bertz CT molecular complexity index is 572. The molecule has 1 atom stereocenters. The molecule has 2 saturated heterocycles. The number of hydrogen-bond acceptors (Lipinski definition) is 4. The first-order chi connectivity index (χ1) is 11.9. The quantitative estimate of drug-likeness (QED) is 0.817. The van der Waals surface area contributed by atoms with Crippen LogP contribution in [0.2, 0.25) is 0 Å². The minimum absolute atomic E-state index is 0.0235. The van der Waals surface area contributed by atoms with Crippen molar-refractivity contribution in [2.75, 3.05) is 39.3 Å². The number of hydrogen-bond donors (Lipinski definition) is 0. The molecule has 3 heterocycles. The standard InChI is InChI=1S/C20H32FN3O/c1-4-20(7-14-25-19(2,3)16-20)24-12-10-23(11-13-24)9-6-17-5-8-22-15-18(17)21/h5,8,15H,4,6-7,9-14,16H2,1-3H3. The van der Waals surface area contributed by atoms with Gasteiger partial charge in [0, 0.05) is 51.1 Å². The number of halogens is 1. The number of aromatic nitrogens is 1. The van der Waals surface area contributed by atoms with Gasteiger partial charge in [-0.25, -0.2) is 4.39 Å². The van der Waals surface area contributed by atoms with Crippen molar-refractivity contribution in [3.8, 4) is 0 Å². The monoisotopic (exact) mass is 349 g/mol. The lowest BCUT2D eigenvalue weighted by Gasteiger charge is -2.53. The zero-order valence-electron chi connectivity index (χ0n) is 15.9. The van der Waals surface area contributed by atoms with Crippen molar-refractivity contribution < 1.29 is 9.13 Å². The Morgan fingerprint density at radius 1 is 1.24 bits per heavy atom. The molecule has 0 aliphatic carbocycles. The highest BCUT2D eigenvalue weighted by molar-refractivity contribution is 5.12. The summed E-state index contributed by atoms with van der Waals surface area (Å²) >= 11 is 0. The fourth-order valence-corrected chi connectivity index (χ4v) is 4.58. The molecule has 3 rings (SSSR count). The molecule has 2 aliphatic rings. The third-order valence-corrected chi connectivity index (χ3v) is 6.07. The van der Waals surface area contributed by atoms with Gasteiger partial charge in [0.15, 0.2) is 0 Å². The first-order valence-electron chi connectivity index (χ1n) is 9.64. The van der Waals surface area contributed by atoms with Crippen LogP contribution in [-0.2, 0) is 11.2 Å². The van der Waals surface area contributed by atoms with E-state index in [1.54, 1.807) is 12.3 Å². The summed E-state index contributed by atoms with van der Waals surface area (Å²) in [7, 11) is 0. The SMILES string of the molecule is CCC1(N2CCN(CCc3ccncc3F)CC2)CCOC(C)(C)C1. The van der Waals surface area contributed by atoms with Gasteiger partial charge in [-0.2, -0.15) is 0 Å². The Kier molecular flexibility index (Phi) is 5.76. The van der Waals surface area contributed by atoms with E-state index in [4.69, 9.17) is 4.74 Å². The Hall–Kier alpha value is -1.04. The van der Waals surface area contributed by atoms with Gasteiger partial charge in [0.1, 0.15) is 5.82 Å². The van der Waals surface area contributed by atoms with Crippen molar-refractivity contribution in [2.45, 2.75) is 57.6 Å². The Morgan fingerprint density at radius 3 is 2.64 bits per heavy atom. The second-order valence-corrected chi connectivity index (χ2v) is 8.16. The third-order valence-electron chi connectivity index (χ3n) is 6.07. The lowest BCUT2D eigenvalue weighted by atomic mass is 9.77. The van der Waals surface area contributed by atoms with Gasteiger partial charge >= 0.3 is 0 Å². The van der Waals surface area contributed by atoms with Crippen LogP contribution in [0.15, 0.2) is 18.5 Å². The number of piperazine rings is 1. The zero-order valence-corrected chi connectivity index (χ0v) is 15.9. The topological polar surface area (TPSA) is 28.6 Å². The first kappa shape index (κ1) is 18.7. The average molecular weight is 349 g/mol. The summed E-state index contributed by atoms with van der Waals surface area (Å²) in [6, 6.07) is 1.79. The molecule has 0 radical (unpaired) electrons. The summed E-state index contributed by atoms with van der Waals surface area (Å²) in [4.78, 5) is 8.98. The van der Waals surface area contributed by atoms with Crippen LogP contribution in [0.3, 0.4) is 0 Å². The fourth-order valence-electron chi connectivity index (χ4n) is 4.58. The Labute approximate surface area is 151 Å². The molecule has 5 heteroatoms. The maximum Gasteiger partial charge on any atom is 0.144 e. The van der Waals surface area contributed by atoms with Crippen LogP contribution >= 0.6 is 0 Å². The summed E-state index contributed by atoms with van der Waals surface area (Å²) in [5, 5.41) is 0. The van der Waals surface area contributed by atoms with Gasteiger partial charge in [-0.05, 0) is 51.2 Å². The first-order valence-corrected chi connectivity index (χ1v) is 9.64. The predicted octanol–water partition coefficient (Wildman–Crippen LogP) is 3.12. The molecule has 0 N–H and O–H groups in total. The number of ether oxygens (including phenoxy) is 1. The van der Waals surface area contributed by atoms with Crippen LogP contribution in [0.4, 0.5) is 4.39 Å². The van der Waals surface area contributed by atoms with Crippen molar-refractivity contribution in [1.29, 1.82) is 0 Å². The fraction of sp³-hybridized carbons (Fsp3) is 0.750. The van der Waals surface area contributed by atoms with Gasteiger partial charge in [0.25, 0.3) is 0 Å². The Morgan fingerprint density at radius 2 is 2.00 bits per heavy atom. The summed E-state index contributed by atoms with van der Waals surface area (Å²) in [5.74, 6) is -0.185. The average Bonchev–Trinajstić information content (AvgIpc) is 2.60. The molecular weight excluding hydrogens is 317 g/mol. The molecule has 0 spiro atoms. The van der Waals surface area contributed by atoms with Crippen molar-refractivity contribution in [3.05, 3.63) is 29.8 Å². The van der Waals surface area contributed by atoms with E-state index in [1.807, 2.05) is 0 Å². The van der Waals surface area contributed by atoms with E-state index in [0.29, 0.717) is 0 Å². The second kappa shape index (κ2) is 7.68. The lowest BCUT2D eigenvalue weighted by Crippen LogP contribution is -2.61. The molecule has 1 aromatic heterocycles. The van der Waals surface area contributed by atoms with E-state index in [9.17, 15) is 4.39 Å². The van der Waals surface area contributed by atoms with Gasteiger partial charge in [-0.15, -0.1) is 0 Å². The third kappa shape index (κ3) is 4.39. The molecule has 25 heavy (non-hydrogen) atoms. The normalized spacial score (nSPS) is 28.2. The largest absolute Gasteiger partial charge is 0.375 e. The van der Waals surface area contributed by atoms with E-state index < -0.39 is 0 Å². The highest BCUT2D eigenvalue weighted by Crippen LogP contribution is 2.39. The van der Waals surface area contributed by atoms with Gasteiger partial charge in [-0.3, -0.25) is 9.88 Å². The summed E-state index contributed by atoms with van der Waals surface area (Å²) < 4.78 is 19.7. The molecule has 0 aromatic carbocycles. The molecule has 1 unspecified atom stereocenters. The highest BCUT2D eigenvalue weighted by Gasteiger charge is 2.44. The van der Waals surface area contributed by atoms with Crippen LogP contribution in [0.1, 0.15) is 45.6 Å². The van der Waals surface area contributed by atoms with Crippen molar-refractivity contribution in [3.63, 3.8) is 0 Å². The van der Waals surface area contributed by atoms with Gasteiger partial charge in [-0.1, -0.05) is 6.92 Å². The molecule has 1 aromatic rings. The number of nitrogens with zero attached hydrogens (tertiary/aromatic N) is 3. The molecular formula is C20H32FN3O. The number of rotatable bonds is 5. The van der Waals surface area contributed by atoms with Crippen molar-refractivity contribution in [1.82, 2.24) is 14.8 Å². The van der Waals surface area contributed by atoms with E-state index in [1.165, 1.54) is 12.6 Å². The minimum atomic E-state index is -0.185. The zero-order chi connectivity index (χ0) is 17.9. The van der Waals surface area contributed by atoms with Gasteiger partial charge in [0.05, 0.1) is 11.8 Å². The van der Waals surface area contributed by atoms with Gasteiger partial charge in [0.2, 0.25) is 0 Å².